The van der Waals surface area contributed by atoms with Gasteiger partial charge in [-0.3, -0.25) is 0 Å². The summed E-state index contributed by atoms with van der Waals surface area (Å²) in [5.74, 6) is 1.76. The average molecular weight is 153 g/mol. The van der Waals surface area contributed by atoms with Gasteiger partial charge in [0.25, 0.3) is 0 Å². The highest BCUT2D eigenvalue weighted by atomic mass is 14.9. The Bertz CT molecular complexity index is 183. The molecular weight excluding hydrogens is 134 g/mol. The first-order valence-electron chi connectivity index (χ1n) is 4.76. The van der Waals surface area contributed by atoms with Crippen molar-refractivity contribution >= 4 is 0 Å². The van der Waals surface area contributed by atoms with E-state index in [4.69, 9.17) is 5.73 Å². The Hall–Kier alpha value is -0.0400. The summed E-state index contributed by atoms with van der Waals surface area (Å²) in [6.45, 7) is 7.06. The third-order valence-electron chi connectivity index (χ3n) is 4.72. The van der Waals surface area contributed by atoms with Crippen LogP contribution in [0.25, 0.3) is 0 Å². The SMILES string of the molecule is CC1[C@@H]2CC[C@@](N)(C2)C1(C)C. The second kappa shape index (κ2) is 1.82. The fourth-order valence-electron chi connectivity index (χ4n) is 3.17. The summed E-state index contributed by atoms with van der Waals surface area (Å²) >= 11 is 0. The zero-order chi connectivity index (χ0) is 8.28. The van der Waals surface area contributed by atoms with E-state index < -0.39 is 0 Å². The second-order valence-electron chi connectivity index (χ2n) is 5.17. The molecule has 2 fully saturated rings. The topological polar surface area (TPSA) is 26.0 Å². The van der Waals surface area contributed by atoms with Crippen molar-refractivity contribution in [3.63, 3.8) is 0 Å². The van der Waals surface area contributed by atoms with E-state index in [0.29, 0.717) is 5.41 Å². The maximum Gasteiger partial charge on any atom is 0.0211 e. The molecule has 0 aromatic rings. The van der Waals surface area contributed by atoms with E-state index in [1.807, 2.05) is 0 Å². The Morgan fingerprint density at radius 1 is 1.36 bits per heavy atom. The number of hydrogen-bond acceptors (Lipinski definition) is 1. The van der Waals surface area contributed by atoms with Crippen LogP contribution < -0.4 is 5.73 Å². The predicted octanol–water partition coefficient (Wildman–Crippen LogP) is 2.16. The smallest absolute Gasteiger partial charge is 0.0211 e. The van der Waals surface area contributed by atoms with Crippen molar-refractivity contribution in [3.8, 4) is 0 Å². The molecule has 0 spiro atoms. The molecule has 2 aliphatic carbocycles. The van der Waals surface area contributed by atoms with Gasteiger partial charge in [-0.25, -0.2) is 0 Å². The van der Waals surface area contributed by atoms with Gasteiger partial charge in [-0.2, -0.15) is 0 Å². The van der Waals surface area contributed by atoms with Crippen LogP contribution in [-0.2, 0) is 0 Å². The predicted molar refractivity (Wildman–Crippen MR) is 47.2 cm³/mol. The van der Waals surface area contributed by atoms with Gasteiger partial charge >= 0.3 is 0 Å². The van der Waals surface area contributed by atoms with Gasteiger partial charge in [0.15, 0.2) is 0 Å². The molecule has 2 rings (SSSR count). The molecule has 1 heteroatoms. The van der Waals surface area contributed by atoms with E-state index in [-0.39, 0.29) is 5.54 Å². The molecule has 2 saturated carbocycles. The van der Waals surface area contributed by atoms with Crippen LogP contribution in [0.4, 0.5) is 0 Å². The van der Waals surface area contributed by atoms with Gasteiger partial charge in [0, 0.05) is 5.54 Å². The van der Waals surface area contributed by atoms with Crippen LogP contribution in [0, 0.1) is 17.3 Å². The van der Waals surface area contributed by atoms with E-state index in [9.17, 15) is 0 Å². The molecule has 2 N–H and O–H groups in total. The van der Waals surface area contributed by atoms with Crippen molar-refractivity contribution in [1.29, 1.82) is 0 Å². The first kappa shape index (κ1) is 7.60. The highest BCUT2D eigenvalue weighted by Crippen LogP contribution is 2.60. The summed E-state index contributed by atoms with van der Waals surface area (Å²) in [6.07, 6.45) is 3.91. The summed E-state index contributed by atoms with van der Waals surface area (Å²) < 4.78 is 0. The van der Waals surface area contributed by atoms with Crippen LogP contribution in [-0.4, -0.2) is 5.54 Å². The molecule has 64 valence electrons. The Labute approximate surface area is 69.4 Å². The Morgan fingerprint density at radius 2 is 2.00 bits per heavy atom. The van der Waals surface area contributed by atoms with E-state index >= 15 is 0 Å². The van der Waals surface area contributed by atoms with E-state index in [2.05, 4.69) is 20.8 Å². The van der Waals surface area contributed by atoms with Gasteiger partial charge in [0.2, 0.25) is 0 Å². The number of nitrogens with two attached hydrogens (primary N) is 1. The molecular formula is C10H19N. The lowest BCUT2D eigenvalue weighted by Crippen LogP contribution is -2.50. The Morgan fingerprint density at radius 3 is 2.27 bits per heavy atom. The zero-order valence-corrected chi connectivity index (χ0v) is 7.85. The van der Waals surface area contributed by atoms with E-state index in [0.717, 1.165) is 11.8 Å². The minimum absolute atomic E-state index is 0.178. The molecule has 3 atom stereocenters. The molecule has 0 saturated heterocycles. The summed E-state index contributed by atoms with van der Waals surface area (Å²) in [5.41, 5.74) is 6.93. The van der Waals surface area contributed by atoms with E-state index in [1.165, 1.54) is 19.3 Å². The number of fused-ring (bicyclic) bond motifs is 2. The monoisotopic (exact) mass is 153 g/mol. The lowest BCUT2D eigenvalue weighted by Gasteiger charge is -2.43. The van der Waals surface area contributed by atoms with Gasteiger partial charge < -0.3 is 5.73 Å². The van der Waals surface area contributed by atoms with Crippen LogP contribution in [0.1, 0.15) is 40.0 Å². The summed E-state index contributed by atoms with van der Waals surface area (Å²) in [5, 5.41) is 0. The minimum Gasteiger partial charge on any atom is -0.325 e. The molecule has 2 bridgehead atoms. The molecule has 2 aliphatic rings. The molecule has 0 aliphatic heterocycles. The quantitative estimate of drug-likeness (QED) is 0.567. The number of hydrogen-bond donors (Lipinski definition) is 1. The summed E-state index contributed by atoms with van der Waals surface area (Å²) in [4.78, 5) is 0. The third kappa shape index (κ3) is 0.703. The minimum atomic E-state index is 0.178. The maximum absolute atomic E-state index is 6.37. The zero-order valence-electron chi connectivity index (χ0n) is 7.85. The molecule has 0 aromatic carbocycles. The van der Waals surface area contributed by atoms with E-state index in [1.54, 1.807) is 0 Å². The van der Waals surface area contributed by atoms with Crippen molar-refractivity contribution in [2.45, 2.75) is 45.6 Å². The molecule has 1 nitrogen and oxygen atoms in total. The maximum atomic E-state index is 6.37. The first-order valence-corrected chi connectivity index (χ1v) is 4.76. The standard InChI is InChI=1S/C10H19N/c1-7-8-4-5-10(11,6-8)9(7,2)3/h7-8H,4-6,11H2,1-3H3/t7?,8-,10-/m1/s1. The van der Waals surface area contributed by atoms with Gasteiger partial charge in [0.1, 0.15) is 0 Å². The van der Waals surface area contributed by atoms with Crippen molar-refractivity contribution in [3.05, 3.63) is 0 Å². The van der Waals surface area contributed by atoms with Gasteiger partial charge in [-0.1, -0.05) is 20.8 Å². The second-order valence-corrected chi connectivity index (χ2v) is 5.17. The van der Waals surface area contributed by atoms with Crippen molar-refractivity contribution in [2.24, 2.45) is 23.0 Å². The molecule has 11 heavy (non-hydrogen) atoms. The summed E-state index contributed by atoms with van der Waals surface area (Å²) in [7, 11) is 0. The van der Waals surface area contributed by atoms with Crippen molar-refractivity contribution in [1.82, 2.24) is 0 Å². The largest absolute Gasteiger partial charge is 0.325 e. The lowest BCUT2D eigenvalue weighted by molar-refractivity contribution is 0.111. The van der Waals surface area contributed by atoms with Crippen LogP contribution in [0.3, 0.4) is 0 Å². The van der Waals surface area contributed by atoms with Crippen LogP contribution >= 0.6 is 0 Å². The van der Waals surface area contributed by atoms with Gasteiger partial charge in [0.05, 0.1) is 0 Å². The van der Waals surface area contributed by atoms with Crippen LogP contribution in [0.2, 0.25) is 0 Å². The molecule has 0 heterocycles. The molecule has 0 amide bonds. The third-order valence-corrected chi connectivity index (χ3v) is 4.72. The lowest BCUT2D eigenvalue weighted by atomic mass is 9.66. The fraction of sp³-hybridized carbons (Fsp3) is 1.00. The average Bonchev–Trinajstić information content (AvgIpc) is 2.36. The van der Waals surface area contributed by atoms with Crippen LogP contribution in [0.5, 0.6) is 0 Å². The van der Waals surface area contributed by atoms with Crippen molar-refractivity contribution in [2.75, 3.05) is 0 Å². The van der Waals surface area contributed by atoms with Gasteiger partial charge in [-0.05, 0) is 36.5 Å². The van der Waals surface area contributed by atoms with Gasteiger partial charge in [-0.15, -0.1) is 0 Å². The molecule has 0 radical (unpaired) electrons. The van der Waals surface area contributed by atoms with Crippen molar-refractivity contribution < 1.29 is 0 Å². The first-order chi connectivity index (χ1) is 4.97. The normalized spacial score (nSPS) is 53.5. The number of rotatable bonds is 0. The fourth-order valence-corrected chi connectivity index (χ4v) is 3.17. The Balaban J connectivity index is 2.36. The highest BCUT2D eigenvalue weighted by molar-refractivity contribution is 5.13. The highest BCUT2D eigenvalue weighted by Gasteiger charge is 2.58. The molecule has 0 aromatic heterocycles. The summed E-state index contributed by atoms with van der Waals surface area (Å²) in [6, 6.07) is 0. The van der Waals surface area contributed by atoms with Crippen LogP contribution in [0.15, 0.2) is 0 Å². The molecule has 1 unspecified atom stereocenters. The Kier molecular flexibility index (Phi) is 1.26.